The molecule has 0 atom stereocenters. The third-order valence-electron chi connectivity index (χ3n) is 4.95. The molecule has 0 amide bonds. The van der Waals surface area contributed by atoms with Crippen LogP contribution in [0.15, 0.2) is 72.5 Å². The second kappa shape index (κ2) is 7.82. The van der Waals surface area contributed by atoms with Gasteiger partial charge < -0.3 is 9.52 Å². The fraction of sp³-hybridized carbons (Fsp3) is 0.143. The Morgan fingerprint density at radius 2 is 1.87 bits per heavy atom. The lowest BCUT2D eigenvalue weighted by Crippen LogP contribution is -2.32. The zero-order valence-corrected chi connectivity index (χ0v) is 16.8. The Hall–Kier alpha value is -4.34. The minimum Gasteiger partial charge on any atom is -0.494 e. The van der Waals surface area contributed by atoms with Crippen LogP contribution in [0.3, 0.4) is 0 Å². The van der Waals surface area contributed by atoms with Crippen LogP contribution in [0.25, 0.3) is 5.69 Å². The van der Waals surface area contributed by atoms with E-state index in [0.717, 1.165) is 10.8 Å². The van der Waals surface area contributed by atoms with Gasteiger partial charge >= 0.3 is 5.69 Å². The highest BCUT2D eigenvalue weighted by Gasteiger charge is 2.17. The van der Waals surface area contributed by atoms with Crippen molar-refractivity contribution < 1.29 is 9.52 Å². The molecule has 0 bridgehead atoms. The molecule has 0 saturated carbocycles. The number of aliphatic imine (C=N–C) groups is 1. The van der Waals surface area contributed by atoms with E-state index in [1.807, 2.05) is 18.2 Å². The smallest absolute Gasteiger partial charge is 0.331 e. The molecular weight excluding hydrogens is 402 g/mol. The van der Waals surface area contributed by atoms with Gasteiger partial charge in [-0.3, -0.25) is 23.8 Å². The van der Waals surface area contributed by atoms with Crippen LogP contribution in [-0.4, -0.2) is 30.2 Å². The van der Waals surface area contributed by atoms with Gasteiger partial charge in [-0.25, -0.2) is 14.5 Å². The number of hydrogen-bond donors (Lipinski definition) is 2. The van der Waals surface area contributed by atoms with E-state index in [9.17, 15) is 19.5 Å². The molecule has 4 rings (SSSR count). The largest absolute Gasteiger partial charge is 0.494 e. The number of aromatic amines is 1. The Labute approximate surface area is 174 Å². The fourth-order valence-electron chi connectivity index (χ4n) is 3.23. The molecule has 1 aromatic carbocycles. The molecule has 158 valence electrons. The molecule has 0 saturated heterocycles. The summed E-state index contributed by atoms with van der Waals surface area (Å²) in [6.07, 6.45) is 2.51. The number of para-hydroxylation sites is 1. The standard InChI is InChI=1S/C21H19N5O5/c1-13-17(20(29)26(24(13)2)14-7-4-3-5-8-14)22-11-16-18(27)23-21(30)25(19(16)28)12-15-9-6-10-31-15/h3-11,28H,12H2,1-2H3,(H,23,27,30). The molecule has 0 aliphatic heterocycles. The first kappa shape index (κ1) is 20.0. The van der Waals surface area contributed by atoms with Crippen molar-refractivity contribution in [1.29, 1.82) is 0 Å². The summed E-state index contributed by atoms with van der Waals surface area (Å²) >= 11 is 0. The maximum absolute atomic E-state index is 12.9. The predicted octanol–water partition coefficient (Wildman–Crippen LogP) is 1.43. The van der Waals surface area contributed by atoms with Crippen molar-refractivity contribution in [2.24, 2.45) is 12.0 Å². The van der Waals surface area contributed by atoms with E-state index in [4.69, 9.17) is 4.42 Å². The van der Waals surface area contributed by atoms with Crippen LogP contribution in [0.2, 0.25) is 0 Å². The zero-order chi connectivity index (χ0) is 22.1. The number of rotatable bonds is 5. The number of nitrogens with zero attached hydrogens (tertiary/aromatic N) is 4. The molecule has 31 heavy (non-hydrogen) atoms. The third kappa shape index (κ3) is 3.54. The van der Waals surface area contributed by atoms with Gasteiger partial charge in [0.15, 0.2) is 5.69 Å². The summed E-state index contributed by atoms with van der Waals surface area (Å²) in [5.41, 5.74) is -0.925. The van der Waals surface area contributed by atoms with E-state index < -0.39 is 17.1 Å². The topological polar surface area (TPSA) is 128 Å². The predicted molar refractivity (Wildman–Crippen MR) is 114 cm³/mol. The summed E-state index contributed by atoms with van der Waals surface area (Å²) in [6, 6.07) is 12.3. The Balaban J connectivity index is 1.79. The van der Waals surface area contributed by atoms with E-state index >= 15 is 0 Å². The van der Waals surface area contributed by atoms with Gasteiger partial charge in [-0.1, -0.05) is 18.2 Å². The summed E-state index contributed by atoms with van der Waals surface area (Å²) in [5.74, 6) is -0.164. The average molecular weight is 421 g/mol. The number of nitrogens with one attached hydrogen (secondary N) is 1. The first-order valence-corrected chi connectivity index (χ1v) is 9.35. The summed E-state index contributed by atoms with van der Waals surface area (Å²) in [4.78, 5) is 43.7. The molecule has 0 radical (unpaired) electrons. The number of H-pyrrole nitrogens is 1. The molecule has 0 fully saturated rings. The van der Waals surface area contributed by atoms with E-state index in [-0.39, 0.29) is 23.4 Å². The van der Waals surface area contributed by atoms with Gasteiger partial charge in [0, 0.05) is 13.3 Å². The molecular formula is C21H19N5O5. The fourth-order valence-corrected chi connectivity index (χ4v) is 3.23. The first-order valence-electron chi connectivity index (χ1n) is 9.35. The minimum absolute atomic E-state index is 0.0829. The molecule has 3 aromatic heterocycles. The Morgan fingerprint density at radius 3 is 2.55 bits per heavy atom. The quantitative estimate of drug-likeness (QED) is 0.471. The number of hydrogen-bond acceptors (Lipinski definition) is 6. The molecule has 3 heterocycles. The first-order chi connectivity index (χ1) is 14.9. The van der Waals surface area contributed by atoms with Gasteiger partial charge in [0.25, 0.3) is 11.1 Å². The van der Waals surface area contributed by atoms with Gasteiger partial charge in [0.1, 0.15) is 11.3 Å². The van der Waals surface area contributed by atoms with Crippen molar-refractivity contribution in [1.82, 2.24) is 18.9 Å². The highest BCUT2D eigenvalue weighted by molar-refractivity contribution is 5.84. The van der Waals surface area contributed by atoms with Crippen LogP contribution in [0.4, 0.5) is 5.69 Å². The maximum Gasteiger partial charge on any atom is 0.331 e. The third-order valence-corrected chi connectivity index (χ3v) is 4.95. The van der Waals surface area contributed by atoms with Gasteiger partial charge in [-0.05, 0) is 31.2 Å². The zero-order valence-electron chi connectivity index (χ0n) is 16.8. The molecule has 0 unspecified atom stereocenters. The minimum atomic E-state index is -0.820. The maximum atomic E-state index is 12.9. The Bertz CT molecular complexity index is 1440. The lowest BCUT2D eigenvalue weighted by molar-refractivity contribution is 0.392. The summed E-state index contributed by atoms with van der Waals surface area (Å²) in [7, 11) is 1.72. The van der Waals surface area contributed by atoms with Gasteiger partial charge in [0.2, 0.25) is 5.88 Å². The lowest BCUT2D eigenvalue weighted by Gasteiger charge is -2.07. The van der Waals surface area contributed by atoms with Crippen molar-refractivity contribution in [2.45, 2.75) is 13.5 Å². The van der Waals surface area contributed by atoms with Gasteiger partial charge in [-0.15, -0.1) is 0 Å². The number of aromatic nitrogens is 4. The number of benzene rings is 1. The van der Waals surface area contributed by atoms with Crippen molar-refractivity contribution in [3.8, 4) is 11.6 Å². The molecule has 0 aliphatic carbocycles. The lowest BCUT2D eigenvalue weighted by atomic mass is 10.3. The van der Waals surface area contributed by atoms with Crippen LogP contribution >= 0.6 is 0 Å². The summed E-state index contributed by atoms with van der Waals surface area (Å²) in [6.45, 7) is 1.63. The molecule has 10 nitrogen and oxygen atoms in total. The molecule has 10 heteroatoms. The normalized spacial score (nSPS) is 11.4. The average Bonchev–Trinajstić information content (AvgIpc) is 3.33. The van der Waals surface area contributed by atoms with Crippen LogP contribution in [-0.2, 0) is 13.6 Å². The van der Waals surface area contributed by atoms with Gasteiger partial charge in [0.05, 0.1) is 24.2 Å². The van der Waals surface area contributed by atoms with E-state index in [2.05, 4.69) is 9.98 Å². The molecule has 0 spiro atoms. The van der Waals surface area contributed by atoms with Crippen LogP contribution < -0.4 is 16.8 Å². The van der Waals surface area contributed by atoms with Crippen LogP contribution in [0.5, 0.6) is 5.88 Å². The number of aromatic hydroxyl groups is 1. The molecule has 0 aliphatic rings. The highest BCUT2D eigenvalue weighted by Crippen LogP contribution is 2.18. The second-order valence-electron chi connectivity index (χ2n) is 6.83. The Kier molecular flexibility index (Phi) is 5.04. The van der Waals surface area contributed by atoms with Crippen LogP contribution in [0.1, 0.15) is 17.0 Å². The second-order valence-corrected chi connectivity index (χ2v) is 6.83. The van der Waals surface area contributed by atoms with E-state index in [1.54, 1.807) is 42.9 Å². The van der Waals surface area contributed by atoms with Crippen LogP contribution in [0, 0.1) is 6.92 Å². The van der Waals surface area contributed by atoms with Gasteiger partial charge in [-0.2, -0.15) is 0 Å². The molecule has 2 N–H and O–H groups in total. The van der Waals surface area contributed by atoms with Crippen molar-refractivity contribution in [2.75, 3.05) is 0 Å². The SMILES string of the molecule is Cc1c(N=Cc2c(O)n(Cc3ccco3)c(=O)[nH]c2=O)c(=O)n(-c2ccccc2)n1C. The summed E-state index contributed by atoms with van der Waals surface area (Å²) < 4.78 is 9.23. The van der Waals surface area contributed by atoms with Crippen molar-refractivity contribution in [3.05, 3.63) is 96.9 Å². The summed E-state index contributed by atoms with van der Waals surface area (Å²) in [5, 5.41) is 10.5. The molecule has 4 aromatic rings. The highest BCUT2D eigenvalue weighted by atomic mass is 16.3. The van der Waals surface area contributed by atoms with Crippen molar-refractivity contribution in [3.63, 3.8) is 0 Å². The number of furan rings is 1. The van der Waals surface area contributed by atoms with Crippen molar-refractivity contribution >= 4 is 11.9 Å². The van der Waals surface area contributed by atoms with E-state index in [1.165, 1.54) is 10.9 Å². The van der Waals surface area contributed by atoms with E-state index in [0.29, 0.717) is 17.1 Å². The Morgan fingerprint density at radius 1 is 1.13 bits per heavy atom. The monoisotopic (exact) mass is 421 g/mol.